The summed E-state index contributed by atoms with van der Waals surface area (Å²) in [4.78, 5) is 4.14. The molecule has 1 unspecified atom stereocenters. The van der Waals surface area contributed by atoms with E-state index in [0.29, 0.717) is 0 Å². The number of aromatic nitrogens is 2. The Hall–Kier alpha value is -0.830. The highest BCUT2D eigenvalue weighted by Gasteiger charge is 2.01. The van der Waals surface area contributed by atoms with Crippen LogP contribution in [0.15, 0.2) is 12.4 Å². The summed E-state index contributed by atoms with van der Waals surface area (Å²) in [5.41, 5.74) is 0. The van der Waals surface area contributed by atoms with Crippen molar-refractivity contribution >= 4 is 0 Å². The minimum Gasteiger partial charge on any atom is -0.393 e. The molecule has 0 fully saturated rings. The van der Waals surface area contributed by atoms with Gasteiger partial charge < -0.3 is 9.67 Å². The molecule has 0 amide bonds. The van der Waals surface area contributed by atoms with E-state index in [2.05, 4.69) is 9.55 Å². The first-order chi connectivity index (χ1) is 6.24. The maximum atomic E-state index is 9.33. The predicted molar refractivity (Wildman–Crippen MR) is 52.5 cm³/mol. The molecule has 0 radical (unpaired) electrons. The highest BCUT2D eigenvalue weighted by molar-refractivity contribution is 4.88. The van der Waals surface area contributed by atoms with Crippen LogP contribution < -0.4 is 0 Å². The molecule has 0 saturated carbocycles. The summed E-state index contributed by atoms with van der Waals surface area (Å²) in [7, 11) is 0. The summed E-state index contributed by atoms with van der Waals surface area (Å²) < 4.78 is 2.11. The third-order valence-corrected chi connectivity index (χ3v) is 2.33. The van der Waals surface area contributed by atoms with E-state index in [4.69, 9.17) is 0 Å². The fourth-order valence-corrected chi connectivity index (χ4v) is 1.34. The third-order valence-electron chi connectivity index (χ3n) is 2.33. The van der Waals surface area contributed by atoms with Crippen LogP contribution in [0.1, 0.15) is 32.0 Å². The van der Waals surface area contributed by atoms with Crippen LogP contribution in [0.4, 0.5) is 0 Å². The zero-order valence-electron chi connectivity index (χ0n) is 8.40. The quantitative estimate of drug-likeness (QED) is 0.753. The lowest BCUT2D eigenvalue weighted by molar-refractivity contribution is 0.155. The number of nitrogens with zero attached hydrogens (tertiary/aromatic N) is 2. The predicted octanol–water partition coefficient (Wildman–Crippen LogP) is 1.74. The van der Waals surface area contributed by atoms with Crippen LogP contribution in [0.3, 0.4) is 0 Å². The highest BCUT2D eigenvalue weighted by atomic mass is 16.3. The SMILES string of the molecule is CCC(O)CCCn1ccnc1C. The average molecular weight is 182 g/mol. The second-order valence-electron chi connectivity index (χ2n) is 3.37. The molecule has 3 nitrogen and oxygen atoms in total. The summed E-state index contributed by atoms with van der Waals surface area (Å²) in [5.74, 6) is 1.05. The Bertz CT molecular complexity index is 245. The maximum Gasteiger partial charge on any atom is 0.105 e. The number of imidazole rings is 1. The van der Waals surface area contributed by atoms with Crippen molar-refractivity contribution in [1.29, 1.82) is 0 Å². The molecule has 1 aromatic heterocycles. The van der Waals surface area contributed by atoms with Crippen LogP contribution in [-0.4, -0.2) is 20.8 Å². The van der Waals surface area contributed by atoms with Crippen LogP contribution in [0.25, 0.3) is 0 Å². The molecule has 13 heavy (non-hydrogen) atoms. The van der Waals surface area contributed by atoms with Crippen molar-refractivity contribution in [3.05, 3.63) is 18.2 Å². The van der Waals surface area contributed by atoms with E-state index in [1.165, 1.54) is 0 Å². The van der Waals surface area contributed by atoms with E-state index in [1.807, 2.05) is 26.2 Å². The van der Waals surface area contributed by atoms with Gasteiger partial charge in [-0.3, -0.25) is 0 Å². The fraction of sp³-hybridized carbons (Fsp3) is 0.700. The van der Waals surface area contributed by atoms with E-state index in [9.17, 15) is 5.11 Å². The van der Waals surface area contributed by atoms with Crippen LogP contribution >= 0.6 is 0 Å². The van der Waals surface area contributed by atoms with E-state index in [-0.39, 0.29) is 6.10 Å². The second-order valence-corrected chi connectivity index (χ2v) is 3.37. The Morgan fingerprint density at radius 2 is 2.38 bits per heavy atom. The Balaban J connectivity index is 2.24. The summed E-state index contributed by atoms with van der Waals surface area (Å²) >= 11 is 0. The van der Waals surface area contributed by atoms with Crippen LogP contribution in [0, 0.1) is 6.92 Å². The first kappa shape index (κ1) is 10.3. The lowest BCUT2D eigenvalue weighted by Gasteiger charge is -2.08. The van der Waals surface area contributed by atoms with Crippen molar-refractivity contribution in [2.75, 3.05) is 0 Å². The molecular formula is C10H18N2O. The average Bonchev–Trinajstić information content (AvgIpc) is 2.52. The Kier molecular flexibility index (Phi) is 3.96. The highest BCUT2D eigenvalue weighted by Crippen LogP contribution is 2.04. The van der Waals surface area contributed by atoms with Crippen molar-refractivity contribution in [3.8, 4) is 0 Å². The Labute approximate surface area is 79.4 Å². The first-order valence-electron chi connectivity index (χ1n) is 4.89. The number of hydrogen-bond acceptors (Lipinski definition) is 2. The maximum absolute atomic E-state index is 9.33. The molecule has 1 N–H and O–H groups in total. The van der Waals surface area contributed by atoms with Crippen molar-refractivity contribution in [2.24, 2.45) is 0 Å². The van der Waals surface area contributed by atoms with Gasteiger partial charge in [-0.25, -0.2) is 4.98 Å². The molecule has 0 aromatic carbocycles. The van der Waals surface area contributed by atoms with Crippen molar-refractivity contribution in [3.63, 3.8) is 0 Å². The van der Waals surface area contributed by atoms with E-state index in [1.54, 1.807) is 0 Å². The van der Waals surface area contributed by atoms with Gasteiger partial charge in [0.05, 0.1) is 6.10 Å². The number of aryl methyl sites for hydroxylation is 2. The number of aliphatic hydroxyl groups is 1. The normalized spacial score (nSPS) is 13.2. The molecule has 1 rings (SSSR count). The van der Waals surface area contributed by atoms with Crippen LogP contribution in [0.5, 0.6) is 0 Å². The van der Waals surface area contributed by atoms with E-state index in [0.717, 1.165) is 31.6 Å². The molecule has 0 saturated heterocycles. The molecule has 0 bridgehead atoms. The second kappa shape index (κ2) is 5.02. The lowest BCUT2D eigenvalue weighted by Crippen LogP contribution is -2.07. The molecule has 0 aliphatic rings. The third kappa shape index (κ3) is 3.19. The van der Waals surface area contributed by atoms with Gasteiger partial charge in [0.2, 0.25) is 0 Å². The summed E-state index contributed by atoms with van der Waals surface area (Å²) in [6, 6.07) is 0. The zero-order valence-corrected chi connectivity index (χ0v) is 8.40. The van der Waals surface area contributed by atoms with E-state index < -0.39 is 0 Å². The van der Waals surface area contributed by atoms with Gasteiger partial charge >= 0.3 is 0 Å². The summed E-state index contributed by atoms with van der Waals surface area (Å²) in [5, 5.41) is 9.33. The summed E-state index contributed by atoms with van der Waals surface area (Å²) in [6.07, 6.45) is 6.41. The molecule has 0 aliphatic heterocycles. The smallest absolute Gasteiger partial charge is 0.105 e. The standard InChI is InChI=1S/C10H18N2O/c1-3-10(13)5-4-7-12-8-6-11-9(12)2/h6,8,10,13H,3-5,7H2,1-2H3. The van der Waals surface area contributed by atoms with Gasteiger partial charge in [-0.1, -0.05) is 6.92 Å². The van der Waals surface area contributed by atoms with Gasteiger partial charge in [0.1, 0.15) is 5.82 Å². The van der Waals surface area contributed by atoms with Crippen molar-refractivity contribution in [1.82, 2.24) is 9.55 Å². The number of aliphatic hydroxyl groups excluding tert-OH is 1. The molecule has 3 heteroatoms. The largest absolute Gasteiger partial charge is 0.393 e. The molecule has 0 spiro atoms. The molecule has 0 aliphatic carbocycles. The van der Waals surface area contributed by atoms with Gasteiger partial charge in [-0.05, 0) is 26.2 Å². The molecule has 1 heterocycles. The van der Waals surface area contributed by atoms with Crippen LogP contribution in [0.2, 0.25) is 0 Å². The molecular weight excluding hydrogens is 164 g/mol. The monoisotopic (exact) mass is 182 g/mol. The van der Waals surface area contributed by atoms with Gasteiger partial charge in [0.25, 0.3) is 0 Å². The fourth-order valence-electron chi connectivity index (χ4n) is 1.34. The minimum absolute atomic E-state index is 0.135. The first-order valence-corrected chi connectivity index (χ1v) is 4.89. The number of hydrogen-bond donors (Lipinski definition) is 1. The lowest BCUT2D eigenvalue weighted by atomic mass is 10.1. The van der Waals surface area contributed by atoms with E-state index >= 15 is 0 Å². The van der Waals surface area contributed by atoms with Crippen LogP contribution in [-0.2, 0) is 6.54 Å². The number of rotatable bonds is 5. The topological polar surface area (TPSA) is 38.0 Å². The zero-order chi connectivity index (χ0) is 9.68. The Morgan fingerprint density at radius 3 is 2.92 bits per heavy atom. The molecule has 1 atom stereocenters. The molecule has 74 valence electrons. The summed E-state index contributed by atoms with van der Waals surface area (Å²) in [6.45, 7) is 4.96. The van der Waals surface area contributed by atoms with Crippen molar-refractivity contribution < 1.29 is 5.11 Å². The molecule has 1 aromatic rings. The minimum atomic E-state index is -0.135. The van der Waals surface area contributed by atoms with Gasteiger partial charge in [-0.2, -0.15) is 0 Å². The van der Waals surface area contributed by atoms with Crippen molar-refractivity contribution in [2.45, 2.75) is 45.8 Å². The Morgan fingerprint density at radius 1 is 1.62 bits per heavy atom. The van der Waals surface area contributed by atoms with Gasteiger partial charge in [0.15, 0.2) is 0 Å². The van der Waals surface area contributed by atoms with Gasteiger partial charge in [0, 0.05) is 18.9 Å². The van der Waals surface area contributed by atoms with Gasteiger partial charge in [-0.15, -0.1) is 0 Å².